The van der Waals surface area contributed by atoms with Gasteiger partial charge in [0, 0.05) is 0 Å². The van der Waals surface area contributed by atoms with Crippen LogP contribution in [0.4, 0.5) is 0 Å². The van der Waals surface area contributed by atoms with E-state index in [9.17, 15) is 0 Å². The van der Waals surface area contributed by atoms with Crippen molar-refractivity contribution in [3.63, 3.8) is 0 Å². The van der Waals surface area contributed by atoms with Crippen molar-refractivity contribution in [3.05, 3.63) is 84.1 Å². The number of hydrogen-bond donors (Lipinski definition) is 0. The third kappa shape index (κ3) is 3.39. The largest absolute Gasteiger partial charge is 0.0801 e. The predicted molar refractivity (Wildman–Crippen MR) is 71.1 cm³/mol. The number of rotatable bonds is 0. The Labute approximate surface area is 97.4 Å². The van der Waals surface area contributed by atoms with Gasteiger partial charge in [-0.1, -0.05) is 72.9 Å². The van der Waals surface area contributed by atoms with Crippen molar-refractivity contribution in [1.82, 2.24) is 0 Å². The minimum atomic E-state index is 1.03. The summed E-state index contributed by atoms with van der Waals surface area (Å²) >= 11 is 0. The Hall–Kier alpha value is -1.82. The molecule has 2 aliphatic carbocycles. The van der Waals surface area contributed by atoms with Crippen LogP contribution in [0.1, 0.15) is 12.8 Å². The van der Waals surface area contributed by atoms with Crippen LogP contribution in [0.15, 0.2) is 84.1 Å². The second kappa shape index (κ2) is 5.92. The van der Waals surface area contributed by atoms with Gasteiger partial charge in [-0.2, -0.15) is 0 Å². The third-order valence-electron chi connectivity index (χ3n) is 2.55. The van der Waals surface area contributed by atoms with Crippen LogP contribution in [0.3, 0.4) is 0 Å². The standard InChI is InChI=1S/C16H16/c1-2-4-6-8-10-15-12-13-16(14-15)11-9-7-5-3-1/h1-10,13-14H,11-12H2/b2-1-,5-3-,6-4-,9-7-,10-8-. The lowest BCUT2D eigenvalue weighted by molar-refractivity contribution is 1.28. The highest BCUT2D eigenvalue weighted by molar-refractivity contribution is 5.40. The van der Waals surface area contributed by atoms with Crippen molar-refractivity contribution in [3.8, 4) is 0 Å². The molecule has 16 heavy (non-hydrogen) atoms. The van der Waals surface area contributed by atoms with Gasteiger partial charge in [-0.15, -0.1) is 0 Å². The van der Waals surface area contributed by atoms with Crippen molar-refractivity contribution in [1.29, 1.82) is 0 Å². The number of fused-ring (bicyclic) bond motifs is 1. The number of hydrogen-bond acceptors (Lipinski definition) is 0. The molecule has 0 atom stereocenters. The van der Waals surface area contributed by atoms with E-state index in [1.807, 2.05) is 24.3 Å². The van der Waals surface area contributed by atoms with Gasteiger partial charge in [0.25, 0.3) is 0 Å². The average molecular weight is 208 g/mol. The first kappa shape index (κ1) is 10.7. The molecule has 2 rings (SSSR count). The molecule has 0 aromatic heterocycles. The lowest BCUT2D eigenvalue weighted by Crippen LogP contribution is -1.70. The molecule has 0 heteroatoms. The Balaban J connectivity index is 2.14. The normalized spacial score (nSPS) is 29.5. The Morgan fingerprint density at radius 2 is 1.31 bits per heavy atom. The maximum absolute atomic E-state index is 2.30. The monoisotopic (exact) mass is 208 g/mol. The lowest BCUT2D eigenvalue weighted by atomic mass is 10.2. The van der Waals surface area contributed by atoms with E-state index in [4.69, 9.17) is 0 Å². The molecular weight excluding hydrogens is 192 g/mol. The topological polar surface area (TPSA) is 0 Å². The molecule has 0 saturated carbocycles. The van der Waals surface area contributed by atoms with Crippen molar-refractivity contribution < 1.29 is 0 Å². The molecular formula is C16H16. The molecule has 0 aromatic rings. The summed E-state index contributed by atoms with van der Waals surface area (Å²) in [6, 6.07) is 0. The van der Waals surface area contributed by atoms with E-state index in [0.717, 1.165) is 12.8 Å². The average Bonchev–Trinajstić information content (AvgIpc) is 2.73. The smallest absolute Gasteiger partial charge is 0.00914 e. The van der Waals surface area contributed by atoms with Gasteiger partial charge >= 0.3 is 0 Å². The Kier molecular flexibility index (Phi) is 3.95. The fraction of sp³-hybridized carbons (Fsp3) is 0.125. The Morgan fingerprint density at radius 3 is 2.12 bits per heavy atom. The van der Waals surface area contributed by atoms with Gasteiger partial charge in [0.2, 0.25) is 0 Å². The first-order valence-electron chi connectivity index (χ1n) is 5.68. The minimum Gasteiger partial charge on any atom is -0.0801 e. The molecule has 0 saturated heterocycles. The second-order valence-electron chi connectivity index (χ2n) is 3.85. The predicted octanol–water partition coefficient (Wildman–Crippen LogP) is 4.43. The molecule has 0 amide bonds. The van der Waals surface area contributed by atoms with Crippen LogP contribution in [0, 0.1) is 0 Å². The lowest BCUT2D eigenvalue weighted by Gasteiger charge is -1.90. The highest BCUT2D eigenvalue weighted by Crippen LogP contribution is 2.21. The summed E-state index contributed by atoms with van der Waals surface area (Å²) in [7, 11) is 0. The van der Waals surface area contributed by atoms with Gasteiger partial charge in [0.05, 0.1) is 0 Å². The van der Waals surface area contributed by atoms with Crippen molar-refractivity contribution in [2.24, 2.45) is 0 Å². The van der Waals surface area contributed by atoms with Crippen LogP contribution in [-0.2, 0) is 0 Å². The summed E-state index contributed by atoms with van der Waals surface area (Å²) in [4.78, 5) is 0. The highest BCUT2D eigenvalue weighted by atomic mass is 14.1. The van der Waals surface area contributed by atoms with Crippen LogP contribution in [0.25, 0.3) is 0 Å². The van der Waals surface area contributed by atoms with E-state index in [-0.39, 0.29) is 0 Å². The molecule has 0 unspecified atom stereocenters. The summed E-state index contributed by atoms with van der Waals surface area (Å²) in [5.41, 5.74) is 2.81. The van der Waals surface area contributed by atoms with Gasteiger partial charge in [-0.05, 0) is 24.0 Å². The molecule has 0 aliphatic heterocycles. The van der Waals surface area contributed by atoms with Crippen molar-refractivity contribution >= 4 is 0 Å². The summed E-state index contributed by atoms with van der Waals surface area (Å²) in [5, 5.41) is 0. The molecule has 0 fully saturated rings. The first-order chi connectivity index (χ1) is 7.95. The molecule has 0 heterocycles. The molecule has 80 valence electrons. The summed E-state index contributed by atoms with van der Waals surface area (Å²) in [6.07, 6.45) is 27.5. The second-order valence-corrected chi connectivity index (χ2v) is 3.85. The van der Waals surface area contributed by atoms with E-state index >= 15 is 0 Å². The van der Waals surface area contributed by atoms with Crippen molar-refractivity contribution in [2.75, 3.05) is 0 Å². The zero-order chi connectivity index (χ0) is 11.1. The zero-order valence-corrected chi connectivity index (χ0v) is 9.34. The van der Waals surface area contributed by atoms with Gasteiger partial charge in [0.1, 0.15) is 0 Å². The number of allylic oxidation sites excluding steroid dienone is 14. The zero-order valence-electron chi connectivity index (χ0n) is 9.34. The van der Waals surface area contributed by atoms with Gasteiger partial charge < -0.3 is 0 Å². The summed E-state index contributed by atoms with van der Waals surface area (Å²) < 4.78 is 0. The van der Waals surface area contributed by atoms with Crippen LogP contribution in [0.2, 0.25) is 0 Å². The Bertz CT molecular complexity index is 435. The summed E-state index contributed by atoms with van der Waals surface area (Å²) in [6.45, 7) is 0. The Morgan fingerprint density at radius 1 is 0.625 bits per heavy atom. The molecule has 2 aliphatic rings. The highest BCUT2D eigenvalue weighted by Gasteiger charge is 2.01. The molecule has 0 N–H and O–H groups in total. The van der Waals surface area contributed by atoms with E-state index in [0.29, 0.717) is 0 Å². The van der Waals surface area contributed by atoms with Crippen LogP contribution >= 0.6 is 0 Å². The molecule has 2 bridgehead atoms. The van der Waals surface area contributed by atoms with Crippen LogP contribution in [0.5, 0.6) is 0 Å². The summed E-state index contributed by atoms with van der Waals surface area (Å²) in [5.74, 6) is 0. The van der Waals surface area contributed by atoms with Gasteiger partial charge in [-0.3, -0.25) is 0 Å². The minimum absolute atomic E-state index is 1.03. The third-order valence-corrected chi connectivity index (χ3v) is 2.55. The van der Waals surface area contributed by atoms with Crippen molar-refractivity contribution in [2.45, 2.75) is 12.8 Å². The van der Waals surface area contributed by atoms with E-state index in [2.05, 4.69) is 48.6 Å². The molecule has 0 radical (unpaired) electrons. The van der Waals surface area contributed by atoms with Gasteiger partial charge in [0.15, 0.2) is 0 Å². The fourth-order valence-electron chi connectivity index (χ4n) is 1.71. The molecule has 0 aromatic carbocycles. The van der Waals surface area contributed by atoms with E-state index in [1.165, 1.54) is 11.1 Å². The van der Waals surface area contributed by atoms with Crippen LogP contribution < -0.4 is 0 Å². The first-order valence-corrected chi connectivity index (χ1v) is 5.68. The quantitative estimate of drug-likeness (QED) is 0.552. The molecule has 0 nitrogen and oxygen atoms in total. The maximum Gasteiger partial charge on any atom is -0.00914 e. The van der Waals surface area contributed by atoms with E-state index < -0.39 is 0 Å². The van der Waals surface area contributed by atoms with Gasteiger partial charge in [-0.25, -0.2) is 0 Å². The molecule has 0 spiro atoms. The fourth-order valence-corrected chi connectivity index (χ4v) is 1.71. The SMILES string of the molecule is C1=C2C=C(\C=C/C=C\C=C/C=C\C=C/C2)C1. The van der Waals surface area contributed by atoms with E-state index in [1.54, 1.807) is 0 Å². The van der Waals surface area contributed by atoms with Crippen LogP contribution in [-0.4, -0.2) is 0 Å². The maximum atomic E-state index is 2.30.